The minimum absolute atomic E-state index is 0.0817. The SMILES string of the molecule is Cc1cccc(N2CCN(C(=O)c3cc(C)oc3C)CC2)c1. The predicted octanol–water partition coefficient (Wildman–Crippen LogP) is 3.17. The maximum absolute atomic E-state index is 12.6. The molecule has 1 aliphatic rings. The molecule has 116 valence electrons. The summed E-state index contributed by atoms with van der Waals surface area (Å²) in [6.45, 7) is 9.05. The van der Waals surface area contributed by atoms with E-state index in [-0.39, 0.29) is 5.91 Å². The maximum Gasteiger partial charge on any atom is 0.257 e. The van der Waals surface area contributed by atoms with Gasteiger partial charge in [0.05, 0.1) is 5.56 Å². The highest BCUT2D eigenvalue weighted by Gasteiger charge is 2.24. The van der Waals surface area contributed by atoms with Gasteiger partial charge >= 0.3 is 0 Å². The first-order valence-corrected chi connectivity index (χ1v) is 7.72. The van der Waals surface area contributed by atoms with Crippen LogP contribution in [0.1, 0.15) is 27.4 Å². The van der Waals surface area contributed by atoms with Crippen molar-refractivity contribution in [2.24, 2.45) is 0 Å². The Hall–Kier alpha value is -2.23. The lowest BCUT2D eigenvalue weighted by Crippen LogP contribution is -2.48. The van der Waals surface area contributed by atoms with Gasteiger partial charge < -0.3 is 14.2 Å². The average molecular weight is 298 g/mol. The van der Waals surface area contributed by atoms with Crippen LogP contribution >= 0.6 is 0 Å². The molecule has 0 spiro atoms. The molecule has 0 radical (unpaired) electrons. The Balaban J connectivity index is 1.67. The lowest BCUT2D eigenvalue weighted by atomic mass is 10.1. The van der Waals surface area contributed by atoms with Crippen molar-refractivity contribution in [3.8, 4) is 0 Å². The number of hydrogen-bond donors (Lipinski definition) is 0. The molecule has 1 amide bonds. The van der Waals surface area contributed by atoms with Crippen molar-refractivity contribution < 1.29 is 9.21 Å². The molecule has 1 fully saturated rings. The van der Waals surface area contributed by atoms with Crippen molar-refractivity contribution in [2.75, 3.05) is 31.1 Å². The first-order valence-electron chi connectivity index (χ1n) is 7.72. The summed E-state index contributed by atoms with van der Waals surface area (Å²) in [4.78, 5) is 16.8. The molecule has 0 unspecified atom stereocenters. The lowest BCUT2D eigenvalue weighted by Gasteiger charge is -2.36. The fourth-order valence-electron chi connectivity index (χ4n) is 3.01. The van der Waals surface area contributed by atoms with Crippen LogP contribution in [0, 0.1) is 20.8 Å². The lowest BCUT2D eigenvalue weighted by molar-refractivity contribution is 0.0745. The van der Waals surface area contributed by atoms with Gasteiger partial charge in [0.15, 0.2) is 0 Å². The van der Waals surface area contributed by atoms with Crippen molar-refractivity contribution in [1.82, 2.24) is 4.90 Å². The van der Waals surface area contributed by atoms with E-state index in [0.29, 0.717) is 11.3 Å². The highest BCUT2D eigenvalue weighted by atomic mass is 16.3. The molecule has 22 heavy (non-hydrogen) atoms. The van der Waals surface area contributed by atoms with E-state index in [4.69, 9.17) is 4.42 Å². The third-order valence-electron chi connectivity index (χ3n) is 4.21. The number of carbonyl (C=O) groups is 1. The number of hydrogen-bond acceptors (Lipinski definition) is 3. The van der Waals surface area contributed by atoms with E-state index < -0.39 is 0 Å². The molecule has 0 bridgehead atoms. The highest BCUT2D eigenvalue weighted by Crippen LogP contribution is 2.20. The van der Waals surface area contributed by atoms with E-state index in [1.165, 1.54) is 11.3 Å². The first-order chi connectivity index (χ1) is 10.5. The van der Waals surface area contributed by atoms with Crippen molar-refractivity contribution in [2.45, 2.75) is 20.8 Å². The Morgan fingerprint density at radius 1 is 1.05 bits per heavy atom. The molecule has 0 atom stereocenters. The van der Waals surface area contributed by atoms with Gasteiger partial charge in [0, 0.05) is 31.9 Å². The van der Waals surface area contributed by atoms with Crippen LogP contribution in [0.15, 0.2) is 34.7 Å². The average Bonchev–Trinajstić information content (AvgIpc) is 2.85. The Labute approximate surface area is 131 Å². The minimum Gasteiger partial charge on any atom is -0.466 e. The molecule has 3 rings (SSSR count). The molecule has 0 N–H and O–H groups in total. The minimum atomic E-state index is 0.0817. The molecule has 4 heteroatoms. The molecule has 0 aliphatic carbocycles. The zero-order chi connectivity index (χ0) is 15.7. The molecule has 2 heterocycles. The second-order valence-electron chi connectivity index (χ2n) is 5.95. The van der Waals surface area contributed by atoms with Gasteiger partial charge in [-0.05, 0) is 44.5 Å². The van der Waals surface area contributed by atoms with E-state index in [1.54, 1.807) is 0 Å². The monoisotopic (exact) mass is 298 g/mol. The Bertz CT molecular complexity index is 682. The van der Waals surface area contributed by atoms with Crippen LogP contribution in [0.25, 0.3) is 0 Å². The quantitative estimate of drug-likeness (QED) is 0.854. The Kier molecular flexibility index (Phi) is 3.92. The largest absolute Gasteiger partial charge is 0.466 e. The van der Waals surface area contributed by atoms with Gasteiger partial charge in [0.1, 0.15) is 11.5 Å². The molecule has 1 aliphatic heterocycles. The number of rotatable bonds is 2. The smallest absolute Gasteiger partial charge is 0.257 e. The third kappa shape index (κ3) is 2.86. The number of benzene rings is 1. The van der Waals surface area contributed by atoms with Crippen LogP contribution in [0.2, 0.25) is 0 Å². The van der Waals surface area contributed by atoms with Crippen molar-refractivity contribution >= 4 is 11.6 Å². The molecular weight excluding hydrogens is 276 g/mol. The van der Waals surface area contributed by atoms with E-state index >= 15 is 0 Å². The summed E-state index contributed by atoms with van der Waals surface area (Å²) < 4.78 is 5.47. The summed E-state index contributed by atoms with van der Waals surface area (Å²) in [6.07, 6.45) is 0. The van der Waals surface area contributed by atoms with Crippen LogP contribution in [-0.4, -0.2) is 37.0 Å². The molecule has 0 saturated carbocycles. The van der Waals surface area contributed by atoms with Gasteiger partial charge in [-0.2, -0.15) is 0 Å². The summed E-state index contributed by atoms with van der Waals surface area (Å²) in [5, 5.41) is 0. The van der Waals surface area contributed by atoms with Gasteiger partial charge in [-0.15, -0.1) is 0 Å². The molecular formula is C18H22N2O2. The summed E-state index contributed by atoms with van der Waals surface area (Å²) in [5.41, 5.74) is 3.20. The first kappa shape index (κ1) is 14.7. The van der Waals surface area contributed by atoms with Gasteiger partial charge in [-0.3, -0.25) is 4.79 Å². The number of nitrogens with zero attached hydrogens (tertiary/aromatic N) is 2. The Morgan fingerprint density at radius 2 is 1.77 bits per heavy atom. The molecule has 1 aromatic carbocycles. The number of furan rings is 1. The number of piperazine rings is 1. The fraction of sp³-hybridized carbons (Fsp3) is 0.389. The van der Waals surface area contributed by atoms with Crippen LogP contribution in [0.4, 0.5) is 5.69 Å². The topological polar surface area (TPSA) is 36.7 Å². The second-order valence-corrected chi connectivity index (χ2v) is 5.95. The van der Waals surface area contributed by atoms with E-state index in [1.807, 2.05) is 24.8 Å². The molecule has 1 aromatic heterocycles. The van der Waals surface area contributed by atoms with Crippen molar-refractivity contribution in [3.63, 3.8) is 0 Å². The van der Waals surface area contributed by atoms with Crippen LogP contribution in [0.3, 0.4) is 0 Å². The second kappa shape index (κ2) is 5.87. The Morgan fingerprint density at radius 3 is 2.36 bits per heavy atom. The number of carbonyl (C=O) groups excluding carboxylic acids is 1. The highest BCUT2D eigenvalue weighted by molar-refractivity contribution is 5.95. The zero-order valence-corrected chi connectivity index (χ0v) is 13.4. The van der Waals surface area contributed by atoms with Gasteiger partial charge in [0.25, 0.3) is 5.91 Å². The fourth-order valence-corrected chi connectivity index (χ4v) is 3.01. The standard InChI is InChI=1S/C18H22N2O2/c1-13-5-4-6-16(11-13)19-7-9-20(10-8-19)18(21)17-12-14(2)22-15(17)3/h4-6,11-12H,7-10H2,1-3H3. The van der Waals surface area contributed by atoms with E-state index in [2.05, 4.69) is 36.1 Å². The maximum atomic E-state index is 12.6. The van der Waals surface area contributed by atoms with Gasteiger partial charge in [0.2, 0.25) is 0 Å². The third-order valence-corrected chi connectivity index (χ3v) is 4.21. The molecule has 2 aromatic rings. The summed E-state index contributed by atoms with van der Waals surface area (Å²) in [5.74, 6) is 1.58. The molecule has 1 saturated heterocycles. The van der Waals surface area contributed by atoms with Crippen LogP contribution in [-0.2, 0) is 0 Å². The summed E-state index contributed by atoms with van der Waals surface area (Å²) in [7, 11) is 0. The van der Waals surface area contributed by atoms with E-state index in [9.17, 15) is 4.79 Å². The van der Waals surface area contributed by atoms with Crippen LogP contribution < -0.4 is 4.90 Å². The van der Waals surface area contributed by atoms with Crippen LogP contribution in [0.5, 0.6) is 0 Å². The summed E-state index contributed by atoms with van der Waals surface area (Å²) in [6, 6.07) is 10.4. The van der Waals surface area contributed by atoms with Gasteiger partial charge in [-0.1, -0.05) is 12.1 Å². The predicted molar refractivity (Wildman–Crippen MR) is 87.5 cm³/mol. The zero-order valence-electron chi connectivity index (χ0n) is 13.4. The molecule has 4 nitrogen and oxygen atoms in total. The van der Waals surface area contributed by atoms with Crippen molar-refractivity contribution in [3.05, 3.63) is 53.0 Å². The van der Waals surface area contributed by atoms with Crippen molar-refractivity contribution in [1.29, 1.82) is 0 Å². The number of aryl methyl sites for hydroxylation is 3. The van der Waals surface area contributed by atoms with Gasteiger partial charge in [-0.25, -0.2) is 0 Å². The number of amides is 1. The van der Waals surface area contributed by atoms with E-state index in [0.717, 1.165) is 31.9 Å². The summed E-state index contributed by atoms with van der Waals surface area (Å²) >= 11 is 0. The number of anilines is 1. The normalized spacial score (nSPS) is 15.2.